The van der Waals surface area contributed by atoms with E-state index in [0.29, 0.717) is 0 Å². The summed E-state index contributed by atoms with van der Waals surface area (Å²) in [5, 5.41) is 14.2. The second-order valence-corrected chi connectivity index (χ2v) is 4.01. The fourth-order valence-corrected chi connectivity index (χ4v) is 1.85. The summed E-state index contributed by atoms with van der Waals surface area (Å²) in [5.74, 6) is 0. The van der Waals surface area contributed by atoms with E-state index < -0.39 is 0 Å². The van der Waals surface area contributed by atoms with Gasteiger partial charge in [-0.25, -0.2) is 0 Å². The first kappa shape index (κ1) is 9.68. The smallest absolute Gasteiger partial charge is 0.0949 e. The van der Waals surface area contributed by atoms with Crippen molar-refractivity contribution in [3.8, 4) is 0 Å². The van der Waals surface area contributed by atoms with Crippen molar-refractivity contribution in [1.29, 1.82) is 0 Å². The summed E-state index contributed by atoms with van der Waals surface area (Å²) in [6, 6.07) is 0. The SMILES string of the molecule is Cc1nn(C)cc1C(O)CN1CCC1. The summed E-state index contributed by atoms with van der Waals surface area (Å²) in [5.41, 5.74) is 1.89. The quantitative estimate of drug-likeness (QED) is 0.762. The number of rotatable bonds is 3. The van der Waals surface area contributed by atoms with Crippen LogP contribution in [0.3, 0.4) is 0 Å². The number of likely N-dealkylation sites (tertiary alicyclic amines) is 1. The first-order valence-corrected chi connectivity index (χ1v) is 5.07. The van der Waals surface area contributed by atoms with Crippen LogP contribution in [-0.4, -0.2) is 39.4 Å². The second kappa shape index (κ2) is 3.71. The van der Waals surface area contributed by atoms with Gasteiger partial charge in [-0.1, -0.05) is 0 Å². The van der Waals surface area contributed by atoms with Crippen LogP contribution in [0, 0.1) is 6.92 Å². The number of aliphatic hydroxyl groups excluding tert-OH is 1. The van der Waals surface area contributed by atoms with Crippen molar-refractivity contribution in [2.24, 2.45) is 7.05 Å². The van der Waals surface area contributed by atoms with Gasteiger partial charge in [0.1, 0.15) is 0 Å². The zero-order valence-corrected chi connectivity index (χ0v) is 8.77. The molecule has 0 amide bonds. The number of aliphatic hydroxyl groups is 1. The Labute approximate surface area is 84.1 Å². The van der Waals surface area contributed by atoms with Gasteiger partial charge >= 0.3 is 0 Å². The largest absolute Gasteiger partial charge is 0.387 e. The highest BCUT2D eigenvalue weighted by Crippen LogP contribution is 2.19. The topological polar surface area (TPSA) is 41.3 Å². The lowest BCUT2D eigenvalue weighted by Gasteiger charge is -2.32. The average Bonchev–Trinajstić information content (AvgIpc) is 2.37. The maximum Gasteiger partial charge on any atom is 0.0949 e. The molecule has 1 atom stereocenters. The predicted octanol–water partition coefficient (Wildman–Crippen LogP) is 0.468. The van der Waals surface area contributed by atoms with Gasteiger partial charge in [-0.15, -0.1) is 0 Å². The fraction of sp³-hybridized carbons (Fsp3) is 0.700. The van der Waals surface area contributed by atoms with Crippen molar-refractivity contribution in [1.82, 2.24) is 14.7 Å². The summed E-state index contributed by atoms with van der Waals surface area (Å²) in [4.78, 5) is 2.26. The predicted molar refractivity (Wildman–Crippen MR) is 54.0 cm³/mol. The summed E-state index contributed by atoms with van der Waals surface area (Å²) in [7, 11) is 1.88. The van der Waals surface area contributed by atoms with E-state index >= 15 is 0 Å². The van der Waals surface area contributed by atoms with Gasteiger partial charge < -0.3 is 10.0 Å². The molecule has 0 aromatic carbocycles. The van der Waals surface area contributed by atoms with Crippen LogP contribution < -0.4 is 0 Å². The Morgan fingerprint density at radius 3 is 2.71 bits per heavy atom. The number of aryl methyl sites for hydroxylation is 2. The molecule has 2 rings (SSSR count). The van der Waals surface area contributed by atoms with E-state index in [2.05, 4.69) is 10.00 Å². The molecule has 1 aromatic heterocycles. The van der Waals surface area contributed by atoms with Crippen molar-refractivity contribution >= 4 is 0 Å². The van der Waals surface area contributed by atoms with Crippen molar-refractivity contribution in [3.63, 3.8) is 0 Å². The molecule has 1 aliphatic heterocycles. The van der Waals surface area contributed by atoms with Crippen LogP contribution in [0.1, 0.15) is 23.8 Å². The first-order valence-electron chi connectivity index (χ1n) is 5.07. The molecule has 1 aliphatic rings. The third kappa shape index (κ3) is 1.81. The van der Waals surface area contributed by atoms with Crippen LogP contribution >= 0.6 is 0 Å². The summed E-state index contributed by atoms with van der Waals surface area (Å²) in [6.07, 6.45) is 2.78. The molecular weight excluding hydrogens is 178 g/mol. The van der Waals surface area contributed by atoms with Gasteiger partial charge in [0.05, 0.1) is 11.8 Å². The Morgan fingerprint density at radius 1 is 1.57 bits per heavy atom. The molecule has 78 valence electrons. The molecule has 1 fully saturated rings. The Hall–Kier alpha value is -0.870. The van der Waals surface area contributed by atoms with Crippen LogP contribution in [0.4, 0.5) is 0 Å². The number of β-amino-alcohol motifs (C(OH)–C–C–N with tert-alkyl or cyclic N) is 1. The molecule has 1 aromatic rings. The number of hydrogen-bond acceptors (Lipinski definition) is 3. The monoisotopic (exact) mass is 195 g/mol. The third-order valence-corrected chi connectivity index (χ3v) is 2.79. The van der Waals surface area contributed by atoms with Crippen LogP contribution in [0.25, 0.3) is 0 Å². The Bertz CT molecular complexity index is 317. The minimum Gasteiger partial charge on any atom is -0.387 e. The van der Waals surface area contributed by atoms with E-state index in [9.17, 15) is 5.11 Å². The number of nitrogens with zero attached hydrogens (tertiary/aromatic N) is 3. The first-order chi connectivity index (χ1) is 6.66. The summed E-state index contributed by atoms with van der Waals surface area (Å²) in [6.45, 7) is 4.92. The van der Waals surface area contributed by atoms with E-state index in [0.717, 1.165) is 30.9 Å². The molecule has 1 unspecified atom stereocenters. The fourth-order valence-electron chi connectivity index (χ4n) is 1.85. The summed E-state index contributed by atoms with van der Waals surface area (Å²) < 4.78 is 1.75. The van der Waals surface area contributed by atoms with Crippen LogP contribution in [0.2, 0.25) is 0 Å². The maximum absolute atomic E-state index is 9.96. The van der Waals surface area contributed by atoms with E-state index in [1.165, 1.54) is 6.42 Å². The molecule has 0 bridgehead atoms. The van der Waals surface area contributed by atoms with Gasteiger partial charge in [-0.2, -0.15) is 5.10 Å². The van der Waals surface area contributed by atoms with Gasteiger partial charge in [-0.3, -0.25) is 4.68 Å². The lowest BCUT2D eigenvalue weighted by atomic mass is 10.1. The molecule has 0 spiro atoms. The minimum absolute atomic E-state index is 0.385. The Kier molecular flexibility index (Phi) is 2.56. The molecule has 4 heteroatoms. The molecular formula is C10H17N3O. The minimum atomic E-state index is -0.385. The average molecular weight is 195 g/mol. The molecule has 1 N–H and O–H groups in total. The van der Waals surface area contributed by atoms with Gasteiger partial charge in [0.15, 0.2) is 0 Å². The van der Waals surface area contributed by atoms with Crippen molar-refractivity contribution in [2.45, 2.75) is 19.4 Å². The van der Waals surface area contributed by atoms with E-state index in [1.807, 2.05) is 20.2 Å². The standard InChI is InChI=1S/C10H17N3O/c1-8-9(6-12(2)11-8)10(14)7-13-4-3-5-13/h6,10,14H,3-5,7H2,1-2H3. The highest BCUT2D eigenvalue weighted by molar-refractivity contribution is 5.18. The maximum atomic E-state index is 9.96. The van der Waals surface area contributed by atoms with Gasteiger partial charge in [0, 0.05) is 25.4 Å². The lowest BCUT2D eigenvalue weighted by molar-refractivity contribution is 0.0784. The molecule has 14 heavy (non-hydrogen) atoms. The Morgan fingerprint density at radius 2 is 2.29 bits per heavy atom. The van der Waals surface area contributed by atoms with Crippen molar-refractivity contribution < 1.29 is 5.11 Å². The molecule has 4 nitrogen and oxygen atoms in total. The van der Waals surface area contributed by atoms with Crippen LogP contribution in [0.15, 0.2) is 6.20 Å². The molecule has 0 saturated carbocycles. The molecule has 0 radical (unpaired) electrons. The molecule has 0 aliphatic carbocycles. The van der Waals surface area contributed by atoms with Gasteiger partial charge in [0.25, 0.3) is 0 Å². The van der Waals surface area contributed by atoms with Gasteiger partial charge in [-0.05, 0) is 26.4 Å². The Balaban J connectivity index is 2.02. The number of aromatic nitrogens is 2. The van der Waals surface area contributed by atoms with Crippen molar-refractivity contribution in [2.75, 3.05) is 19.6 Å². The summed E-state index contributed by atoms with van der Waals surface area (Å²) >= 11 is 0. The van der Waals surface area contributed by atoms with Crippen molar-refractivity contribution in [3.05, 3.63) is 17.5 Å². The van der Waals surface area contributed by atoms with Crippen LogP contribution in [0.5, 0.6) is 0 Å². The van der Waals surface area contributed by atoms with E-state index in [1.54, 1.807) is 4.68 Å². The van der Waals surface area contributed by atoms with Gasteiger partial charge in [0.2, 0.25) is 0 Å². The highest BCUT2D eigenvalue weighted by atomic mass is 16.3. The lowest BCUT2D eigenvalue weighted by Crippen LogP contribution is -2.39. The highest BCUT2D eigenvalue weighted by Gasteiger charge is 2.20. The molecule has 1 saturated heterocycles. The van der Waals surface area contributed by atoms with E-state index in [-0.39, 0.29) is 6.10 Å². The van der Waals surface area contributed by atoms with Crippen LogP contribution in [-0.2, 0) is 7.05 Å². The third-order valence-electron chi connectivity index (χ3n) is 2.79. The zero-order chi connectivity index (χ0) is 10.1. The second-order valence-electron chi connectivity index (χ2n) is 4.01. The van der Waals surface area contributed by atoms with E-state index in [4.69, 9.17) is 0 Å². The molecule has 2 heterocycles. The normalized spacial score (nSPS) is 19.4. The number of hydrogen-bond donors (Lipinski definition) is 1. The zero-order valence-electron chi connectivity index (χ0n) is 8.77.